The predicted octanol–water partition coefficient (Wildman–Crippen LogP) is 2.84. The van der Waals surface area contributed by atoms with Gasteiger partial charge in [0, 0.05) is 0 Å². The van der Waals surface area contributed by atoms with Crippen molar-refractivity contribution in [2.45, 2.75) is 24.7 Å². The summed E-state index contributed by atoms with van der Waals surface area (Å²) >= 11 is 3.52. The van der Waals surface area contributed by atoms with Crippen LogP contribution in [-0.2, 0) is 5.41 Å². The van der Waals surface area contributed by atoms with Gasteiger partial charge in [0.05, 0.1) is 11.6 Å². The van der Waals surface area contributed by atoms with Crippen LogP contribution in [0.4, 0.5) is 0 Å². The molecule has 0 saturated heterocycles. The number of ether oxygens (including phenoxy) is 1. The minimum absolute atomic E-state index is 0.365. The van der Waals surface area contributed by atoms with Crippen molar-refractivity contribution in [2.24, 2.45) is 5.73 Å². The average molecular weight is 270 g/mol. The lowest BCUT2D eigenvalue weighted by Gasteiger charge is -2.15. The van der Waals surface area contributed by atoms with Gasteiger partial charge in [-0.1, -0.05) is 6.07 Å². The molecule has 0 aromatic heterocycles. The third-order valence-electron chi connectivity index (χ3n) is 3.24. The minimum atomic E-state index is 0.365. The summed E-state index contributed by atoms with van der Waals surface area (Å²) in [6.07, 6.45) is 3.62. The molecule has 2 rings (SSSR count). The van der Waals surface area contributed by atoms with Crippen LogP contribution in [0.25, 0.3) is 0 Å². The van der Waals surface area contributed by atoms with Crippen LogP contribution in [0.2, 0.25) is 0 Å². The van der Waals surface area contributed by atoms with Crippen LogP contribution in [0.1, 0.15) is 24.8 Å². The fourth-order valence-corrected chi connectivity index (χ4v) is 2.65. The fraction of sp³-hybridized carbons (Fsp3) is 0.500. The molecule has 3 heteroatoms. The molecular weight excluding hydrogens is 254 g/mol. The van der Waals surface area contributed by atoms with E-state index < -0.39 is 0 Å². The lowest BCUT2D eigenvalue weighted by Crippen LogP contribution is -2.13. The molecule has 82 valence electrons. The normalized spacial score (nSPS) is 17.5. The SMILES string of the molecule is COc1ccc(C2(CCN)CC2)cc1Br. The van der Waals surface area contributed by atoms with Crippen molar-refractivity contribution in [1.29, 1.82) is 0 Å². The maximum absolute atomic E-state index is 5.65. The Hall–Kier alpha value is -0.540. The Morgan fingerprint density at radius 1 is 1.47 bits per heavy atom. The van der Waals surface area contributed by atoms with Gasteiger partial charge in [0.1, 0.15) is 5.75 Å². The smallest absolute Gasteiger partial charge is 0.133 e. The molecule has 1 aliphatic rings. The minimum Gasteiger partial charge on any atom is -0.496 e. The Balaban J connectivity index is 2.26. The van der Waals surface area contributed by atoms with E-state index in [1.165, 1.54) is 18.4 Å². The second-order valence-corrected chi connectivity index (χ2v) is 5.02. The van der Waals surface area contributed by atoms with E-state index in [0.717, 1.165) is 23.2 Å². The van der Waals surface area contributed by atoms with Crippen molar-refractivity contribution in [3.63, 3.8) is 0 Å². The maximum Gasteiger partial charge on any atom is 0.133 e. The summed E-state index contributed by atoms with van der Waals surface area (Å²) in [6, 6.07) is 6.35. The first-order chi connectivity index (χ1) is 7.22. The van der Waals surface area contributed by atoms with Crippen LogP contribution in [0.15, 0.2) is 22.7 Å². The number of halogens is 1. The molecule has 0 heterocycles. The standard InChI is InChI=1S/C12H16BrNO/c1-15-11-3-2-9(8-10(11)13)12(4-5-12)6-7-14/h2-3,8H,4-7,14H2,1H3. The quantitative estimate of drug-likeness (QED) is 0.913. The highest BCUT2D eigenvalue weighted by molar-refractivity contribution is 9.10. The molecule has 0 radical (unpaired) electrons. The van der Waals surface area contributed by atoms with E-state index >= 15 is 0 Å². The zero-order valence-corrected chi connectivity index (χ0v) is 10.5. The van der Waals surface area contributed by atoms with Gasteiger partial charge in [-0.3, -0.25) is 0 Å². The van der Waals surface area contributed by atoms with Crippen LogP contribution in [-0.4, -0.2) is 13.7 Å². The van der Waals surface area contributed by atoms with E-state index in [0.29, 0.717) is 5.41 Å². The predicted molar refractivity (Wildman–Crippen MR) is 65.3 cm³/mol. The van der Waals surface area contributed by atoms with E-state index in [1.807, 2.05) is 6.07 Å². The van der Waals surface area contributed by atoms with Gasteiger partial charge in [0.2, 0.25) is 0 Å². The summed E-state index contributed by atoms with van der Waals surface area (Å²) in [6.45, 7) is 0.768. The van der Waals surface area contributed by atoms with Crippen molar-refractivity contribution in [3.05, 3.63) is 28.2 Å². The summed E-state index contributed by atoms with van der Waals surface area (Å²) < 4.78 is 6.25. The van der Waals surface area contributed by atoms with E-state index in [-0.39, 0.29) is 0 Å². The number of methoxy groups -OCH3 is 1. The second-order valence-electron chi connectivity index (χ2n) is 4.17. The summed E-state index contributed by atoms with van der Waals surface area (Å²) in [5.74, 6) is 0.891. The van der Waals surface area contributed by atoms with Crippen molar-refractivity contribution in [1.82, 2.24) is 0 Å². The van der Waals surface area contributed by atoms with E-state index in [9.17, 15) is 0 Å². The fourth-order valence-electron chi connectivity index (χ4n) is 2.11. The van der Waals surface area contributed by atoms with Crippen molar-refractivity contribution >= 4 is 15.9 Å². The van der Waals surface area contributed by atoms with E-state index in [2.05, 4.69) is 28.1 Å². The van der Waals surface area contributed by atoms with Crippen LogP contribution >= 0.6 is 15.9 Å². The monoisotopic (exact) mass is 269 g/mol. The average Bonchev–Trinajstić information content (AvgIpc) is 2.99. The summed E-state index contributed by atoms with van der Waals surface area (Å²) in [4.78, 5) is 0. The molecule has 0 unspecified atom stereocenters. The number of rotatable bonds is 4. The molecule has 2 N–H and O–H groups in total. The topological polar surface area (TPSA) is 35.2 Å². The first-order valence-electron chi connectivity index (χ1n) is 5.26. The van der Waals surface area contributed by atoms with Gasteiger partial charge in [0.15, 0.2) is 0 Å². The number of nitrogens with two attached hydrogens (primary N) is 1. The molecule has 1 saturated carbocycles. The van der Waals surface area contributed by atoms with Crippen LogP contribution in [0, 0.1) is 0 Å². The third-order valence-corrected chi connectivity index (χ3v) is 3.86. The summed E-state index contributed by atoms with van der Waals surface area (Å²) in [5, 5.41) is 0. The lowest BCUT2D eigenvalue weighted by molar-refractivity contribution is 0.411. The maximum atomic E-state index is 5.65. The van der Waals surface area contributed by atoms with Crippen molar-refractivity contribution in [2.75, 3.05) is 13.7 Å². The Bertz CT molecular complexity index is 361. The Labute approximate surface area is 98.9 Å². The number of hydrogen-bond acceptors (Lipinski definition) is 2. The highest BCUT2D eigenvalue weighted by Gasteiger charge is 2.43. The van der Waals surface area contributed by atoms with Gasteiger partial charge in [-0.25, -0.2) is 0 Å². The Morgan fingerprint density at radius 2 is 2.20 bits per heavy atom. The zero-order valence-electron chi connectivity index (χ0n) is 8.92. The molecule has 15 heavy (non-hydrogen) atoms. The number of benzene rings is 1. The van der Waals surface area contributed by atoms with Crippen LogP contribution in [0.5, 0.6) is 5.75 Å². The van der Waals surface area contributed by atoms with Gasteiger partial charge >= 0.3 is 0 Å². The summed E-state index contributed by atoms with van der Waals surface area (Å²) in [7, 11) is 1.69. The van der Waals surface area contributed by atoms with Gasteiger partial charge in [-0.2, -0.15) is 0 Å². The van der Waals surface area contributed by atoms with Gasteiger partial charge in [0.25, 0.3) is 0 Å². The first-order valence-corrected chi connectivity index (χ1v) is 6.05. The van der Waals surface area contributed by atoms with E-state index in [4.69, 9.17) is 10.5 Å². The first kappa shape index (κ1) is 11.0. The molecule has 0 amide bonds. The molecule has 1 aromatic carbocycles. The molecule has 0 aliphatic heterocycles. The lowest BCUT2D eigenvalue weighted by atomic mass is 9.92. The molecule has 2 nitrogen and oxygen atoms in total. The molecule has 1 aliphatic carbocycles. The molecular formula is C12H16BrNO. The zero-order chi connectivity index (χ0) is 10.9. The largest absolute Gasteiger partial charge is 0.496 e. The van der Waals surface area contributed by atoms with Crippen molar-refractivity contribution in [3.8, 4) is 5.75 Å². The third kappa shape index (κ3) is 2.04. The molecule has 0 atom stereocenters. The van der Waals surface area contributed by atoms with Gasteiger partial charge < -0.3 is 10.5 Å². The summed E-state index contributed by atoms with van der Waals surface area (Å²) in [5.41, 5.74) is 7.40. The number of hydrogen-bond donors (Lipinski definition) is 1. The molecule has 0 bridgehead atoms. The van der Waals surface area contributed by atoms with E-state index in [1.54, 1.807) is 7.11 Å². The Kier molecular flexibility index (Phi) is 3.03. The molecule has 1 fully saturated rings. The molecule has 1 aromatic rings. The molecule has 0 spiro atoms. The van der Waals surface area contributed by atoms with Crippen LogP contribution in [0.3, 0.4) is 0 Å². The van der Waals surface area contributed by atoms with Gasteiger partial charge in [-0.15, -0.1) is 0 Å². The van der Waals surface area contributed by atoms with Crippen LogP contribution < -0.4 is 10.5 Å². The van der Waals surface area contributed by atoms with Gasteiger partial charge in [-0.05, 0) is 64.8 Å². The highest BCUT2D eigenvalue weighted by atomic mass is 79.9. The van der Waals surface area contributed by atoms with Crippen molar-refractivity contribution < 1.29 is 4.74 Å². The second kappa shape index (κ2) is 4.14. The highest BCUT2D eigenvalue weighted by Crippen LogP contribution is 2.51. The Morgan fingerprint density at radius 3 is 2.67 bits per heavy atom.